The van der Waals surface area contributed by atoms with E-state index >= 15 is 0 Å². The molecule has 0 unspecified atom stereocenters. The van der Waals surface area contributed by atoms with Crippen molar-refractivity contribution >= 4 is 44.6 Å². The molecule has 0 aliphatic heterocycles. The van der Waals surface area contributed by atoms with Crippen molar-refractivity contribution in [2.75, 3.05) is 35.6 Å². The summed E-state index contributed by atoms with van der Waals surface area (Å²) in [5.74, 6) is 0.0781. The van der Waals surface area contributed by atoms with Gasteiger partial charge >= 0.3 is 0 Å². The number of anilines is 3. The highest BCUT2D eigenvalue weighted by atomic mass is 35.5. The average Bonchev–Trinajstić information content (AvgIpc) is 2.78. The van der Waals surface area contributed by atoms with E-state index in [2.05, 4.69) is 10.6 Å². The first-order valence-electron chi connectivity index (χ1n) is 9.33. The third kappa shape index (κ3) is 5.28. The van der Waals surface area contributed by atoms with E-state index in [4.69, 9.17) is 16.3 Å². The lowest BCUT2D eigenvalue weighted by atomic mass is 10.3. The molecule has 3 rings (SSSR count). The van der Waals surface area contributed by atoms with Crippen LogP contribution in [0, 0.1) is 0 Å². The minimum absolute atomic E-state index is 0.0643. The van der Waals surface area contributed by atoms with Gasteiger partial charge in [0.05, 0.1) is 30.7 Å². The van der Waals surface area contributed by atoms with Gasteiger partial charge in [0.2, 0.25) is 5.91 Å². The second-order valence-corrected chi connectivity index (χ2v) is 8.92. The minimum Gasteiger partial charge on any atom is -0.495 e. The van der Waals surface area contributed by atoms with Gasteiger partial charge in [-0.1, -0.05) is 41.9 Å². The number of carbonyl (C=O) groups is 1. The highest BCUT2D eigenvalue weighted by molar-refractivity contribution is 7.93. The summed E-state index contributed by atoms with van der Waals surface area (Å²) in [4.78, 5) is 12.5. The van der Waals surface area contributed by atoms with Crippen molar-refractivity contribution in [2.45, 2.75) is 4.90 Å². The van der Waals surface area contributed by atoms with Gasteiger partial charge < -0.3 is 15.4 Å². The van der Waals surface area contributed by atoms with Crippen molar-refractivity contribution in [3.63, 3.8) is 0 Å². The van der Waals surface area contributed by atoms with Crippen LogP contribution >= 0.6 is 11.6 Å². The summed E-state index contributed by atoms with van der Waals surface area (Å²) in [5, 5.41) is 6.06. The summed E-state index contributed by atoms with van der Waals surface area (Å²) in [6.07, 6.45) is 0. The molecule has 3 aromatic carbocycles. The molecule has 0 aliphatic rings. The van der Waals surface area contributed by atoms with Gasteiger partial charge in [0.15, 0.2) is 0 Å². The van der Waals surface area contributed by atoms with E-state index in [1.807, 2.05) is 6.07 Å². The number of ether oxygens (including phenoxy) is 1. The number of sulfonamides is 1. The number of benzene rings is 3. The lowest BCUT2D eigenvalue weighted by Gasteiger charge is -2.21. The van der Waals surface area contributed by atoms with Gasteiger partial charge in [-0.3, -0.25) is 9.10 Å². The second-order valence-electron chi connectivity index (χ2n) is 6.55. The van der Waals surface area contributed by atoms with E-state index in [0.717, 1.165) is 0 Å². The van der Waals surface area contributed by atoms with E-state index in [1.54, 1.807) is 60.7 Å². The van der Waals surface area contributed by atoms with Crippen LogP contribution in [-0.2, 0) is 14.8 Å². The number of hydrogen-bond acceptors (Lipinski definition) is 5. The molecule has 1 amide bonds. The van der Waals surface area contributed by atoms with Gasteiger partial charge in [0, 0.05) is 12.1 Å². The molecule has 0 atom stereocenters. The maximum absolute atomic E-state index is 13.2. The number of rotatable bonds is 8. The Labute approximate surface area is 186 Å². The largest absolute Gasteiger partial charge is 0.495 e. The van der Waals surface area contributed by atoms with Crippen molar-refractivity contribution in [3.05, 3.63) is 77.8 Å². The Balaban J connectivity index is 1.77. The number of nitrogens with zero attached hydrogens (tertiary/aromatic N) is 1. The molecule has 2 N–H and O–H groups in total. The van der Waals surface area contributed by atoms with Crippen molar-refractivity contribution in [2.24, 2.45) is 0 Å². The third-order valence-electron chi connectivity index (χ3n) is 4.52. The summed E-state index contributed by atoms with van der Waals surface area (Å²) in [6, 6.07) is 20.1. The Morgan fingerprint density at radius 2 is 1.68 bits per heavy atom. The Kier molecular flexibility index (Phi) is 7.04. The van der Waals surface area contributed by atoms with Crippen molar-refractivity contribution < 1.29 is 17.9 Å². The minimum atomic E-state index is -3.84. The first-order valence-corrected chi connectivity index (χ1v) is 11.1. The number of carbonyl (C=O) groups excluding carboxylic acids is 1. The lowest BCUT2D eigenvalue weighted by molar-refractivity contribution is -0.114. The number of hydrogen-bond donors (Lipinski definition) is 2. The van der Waals surface area contributed by atoms with E-state index < -0.39 is 10.0 Å². The topological polar surface area (TPSA) is 87.7 Å². The Morgan fingerprint density at radius 1 is 1.00 bits per heavy atom. The van der Waals surface area contributed by atoms with Crippen LogP contribution in [0.15, 0.2) is 77.7 Å². The summed E-state index contributed by atoms with van der Waals surface area (Å²) < 4.78 is 32.7. The van der Waals surface area contributed by atoms with Gasteiger partial charge in [0.1, 0.15) is 10.6 Å². The molecule has 0 spiro atoms. The quantitative estimate of drug-likeness (QED) is 0.526. The maximum Gasteiger partial charge on any atom is 0.266 e. The van der Waals surface area contributed by atoms with Crippen molar-refractivity contribution in [1.29, 1.82) is 0 Å². The van der Waals surface area contributed by atoms with E-state index in [0.29, 0.717) is 27.8 Å². The predicted octanol–water partition coefficient (Wildman–Crippen LogP) is 4.22. The normalized spacial score (nSPS) is 10.9. The van der Waals surface area contributed by atoms with Crippen molar-refractivity contribution in [3.8, 4) is 5.75 Å². The smallest absolute Gasteiger partial charge is 0.266 e. The average molecular weight is 460 g/mol. The zero-order valence-corrected chi connectivity index (χ0v) is 18.6. The molecule has 3 aromatic rings. The van der Waals surface area contributed by atoms with Gasteiger partial charge in [-0.2, -0.15) is 0 Å². The van der Waals surface area contributed by atoms with Crippen molar-refractivity contribution in [1.82, 2.24) is 0 Å². The molecule has 0 saturated heterocycles. The van der Waals surface area contributed by atoms with E-state index in [9.17, 15) is 13.2 Å². The molecule has 0 aromatic heterocycles. The number of methoxy groups -OCH3 is 1. The SMILES string of the molecule is COc1ccc(Cl)cc1NC(=O)CNc1ccccc1S(=O)(=O)N(C)c1ccccc1. The molecule has 9 heteroatoms. The van der Waals surface area contributed by atoms with Crippen LogP contribution in [0.1, 0.15) is 0 Å². The standard InChI is InChI=1S/C22H22ClN3O4S/c1-26(17-8-4-3-5-9-17)31(28,29)21-11-7-6-10-18(21)24-15-22(27)25-19-14-16(23)12-13-20(19)30-2/h3-14,24H,15H2,1-2H3,(H,25,27). The summed E-state index contributed by atoms with van der Waals surface area (Å²) in [5.41, 5.74) is 1.27. The fourth-order valence-corrected chi connectivity index (χ4v) is 4.44. The van der Waals surface area contributed by atoms with Crippen LogP contribution in [-0.4, -0.2) is 35.0 Å². The Bertz CT molecular complexity index is 1170. The van der Waals surface area contributed by atoms with Gasteiger partial charge in [-0.05, 0) is 42.5 Å². The third-order valence-corrected chi connectivity index (χ3v) is 6.60. The van der Waals surface area contributed by atoms with Crippen LogP contribution in [0.2, 0.25) is 5.02 Å². The zero-order chi connectivity index (χ0) is 22.4. The molecule has 0 radical (unpaired) electrons. The molecule has 0 bridgehead atoms. The number of halogens is 1. The van der Waals surface area contributed by atoms with Gasteiger partial charge in [0.25, 0.3) is 10.0 Å². The van der Waals surface area contributed by atoms with Gasteiger partial charge in [-0.15, -0.1) is 0 Å². The first-order chi connectivity index (χ1) is 14.8. The van der Waals surface area contributed by atoms with E-state index in [-0.39, 0.29) is 17.3 Å². The molecule has 0 fully saturated rings. The summed E-state index contributed by atoms with van der Waals surface area (Å²) in [6.45, 7) is -0.156. The van der Waals surface area contributed by atoms with Crippen LogP contribution < -0.4 is 19.7 Å². The molecular formula is C22H22ClN3O4S. The number of para-hydroxylation sites is 2. The Morgan fingerprint density at radius 3 is 2.39 bits per heavy atom. The number of nitrogens with one attached hydrogen (secondary N) is 2. The maximum atomic E-state index is 13.2. The molecule has 0 aliphatic carbocycles. The fourth-order valence-electron chi connectivity index (χ4n) is 2.91. The molecule has 162 valence electrons. The van der Waals surface area contributed by atoms with Crippen LogP contribution in [0.5, 0.6) is 5.75 Å². The number of amides is 1. The highest BCUT2D eigenvalue weighted by Crippen LogP contribution is 2.29. The zero-order valence-electron chi connectivity index (χ0n) is 17.0. The molecule has 0 saturated carbocycles. The van der Waals surface area contributed by atoms with Crippen LogP contribution in [0.3, 0.4) is 0 Å². The lowest BCUT2D eigenvalue weighted by Crippen LogP contribution is -2.28. The van der Waals surface area contributed by atoms with Crippen LogP contribution in [0.25, 0.3) is 0 Å². The molecule has 31 heavy (non-hydrogen) atoms. The highest BCUT2D eigenvalue weighted by Gasteiger charge is 2.24. The fraction of sp³-hybridized carbons (Fsp3) is 0.136. The molecule has 7 nitrogen and oxygen atoms in total. The van der Waals surface area contributed by atoms with E-state index in [1.165, 1.54) is 24.5 Å². The van der Waals surface area contributed by atoms with Gasteiger partial charge in [-0.25, -0.2) is 8.42 Å². The summed E-state index contributed by atoms with van der Waals surface area (Å²) in [7, 11) is -0.871. The molecule has 0 heterocycles. The first kappa shape index (κ1) is 22.5. The predicted molar refractivity (Wildman–Crippen MR) is 124 cm³/mol. The summed E-state index contributed by atoms with van der Waals surface area (Å²) >= 11 is 5.99. The Hall–Kier alpha value is -3.23. The monoisotopic (exact) mass is 459 g/mol. The second kappa shape index (κ2) is 9.72. The van der Waals surface area contributed by atoms with Crippen LogP contribution in [0.4, 0.5) is 17.1 Å². The molecular weight excluding hydrogens is 438 g/mol.